The monoisotopic (exact) mass is 262 g/mol. The van der Waals surface area contributed by atoms with Crippen LogP contribution in [-0.4, -0.2) is 32.1 Å². The van der Waals surface area contributed by atoms with Crippen LogP contribution >= 0.6 is 0 Å². The fourth-order valence-corrected chi connectivity index (χ4v) is 2.07. The molecule has 1 aromatic rings. The Morgan fingerprint density at radius 2 is 2.26 bits per heavy atom. The predicted octanol–water partition coefficient (Wildman–Crippen LogP) is 1.34. The first-order valence-electron chi connectivity index (χ1n) is 6.42. The molecule has 1 aromatic carbocycles. The van der Waals surface area contributed by atoms with E-state index in [1.165, 1.54) is 12.7 Å². The molecule has 0 radical (unpaired) electrons. The molecule has 1 heterocycles. The van der Waals surface area contributed by atoms with Crippen molar-refractivity contribution in [1.29, 1.82) is 0 Å². The van der Waals surface area contributed by atoms with Crippen LogP contribution in [-0.2, 0) is 16.0 Å². The fourth-order valence-electron chi connectivity index (χ4n) is 2.07. The Bertz CT molecular complexity index is 486. The summed E-state index contributed by atoms with van der Waals surface area (Å²) in [5.41, 5.74) is 2.94. The van der Waals surface area contributed by atoms with Gasteiger partial charge in [-0.25, -0.2) is 0 Å². The van der Waals surface area contributed by atoms with Crippen LogP contribution in [0.2, 0.25) is 0 Å². The molecule has 0 aliphatic carbocycles. The van der Waals surface area contributed by atoms with E-state index >= 15 is 0 Å². The summed E-state index contributed by atoms with van der Waals surface area (Å²) >= 11 is 0. The fraction of sp³-hybridized carbons (Fsp3) is 0.429. The highest BCUT2D eigenvalue weighted by molar-refractivity contribution is 5.95. The van der Waals surface area contributed by atoms with E-state index in [0.29, 0.717) is 24.9 Å². The van der Waals surface area contributed by atoms with Crippen molar-refractivity contribution in [3.63, 3.8) is 0 Å². The zero-order chi connectivity index (χ0) is 13.7. The molecule has 1 amide bonds. The number of hydrogen-bond donors (Lipinski definition) is 2. The van der Waals surface area contributed by atoms with Gasteiger partial charge in [0.05, 0.1) is 7.11 Å². The zero-order valence-electron chi connectivity index (χ0n) is 11.0. The third-order valence-electron chi connectivity index (χ3n) is 3.15. The third kappa shape index (κ3) is 3.47. The van der Waals surface area contributed by atoms with Gasteiger partial charge in [-0.1, -0.05) is 6.07 Å². The van der Waals surface area contributed by atoms with Gasteiger partial charge in [0, 0.05) is 30.8 Å². The Labute approximate surface area is 112 Å². The van der Waals surface area contributed by atoms with Crippen molar-refractivity contribution >= 4 is 17.6 Å². The van der Waals surface area contributed by atoms with E-state index in [0.717, 1.165) is 18.7 Å². The van der Waals surface area contributed by atoms with Crippen LogP contribution in [0.25, 0.3) is 0 Å². The molecule has 0 atom stereocenters. The summed E-state index contributed by atoms with van der Waals surface area (Å²) in [4.78, 5) is 22.8. The molecule has 1 aliphatic heterocycles. The number of methoxy groups -OCH3 is 1. The molecule has 0 aromatic heterocycles. The molecule has 2 N–H and O–H groups in total. The summed E-state index contributed by atoms with van der Waals surface area (Å²) < 4.78 is 4.53. The number of rotatable bonds is 5. The third-order valence-corrected chi connectivity index (χ3v) is 3.15. The maximum Gasteiger partial charge on any atom is 0.305 e. The average molecular weight is 262 g/mol. The number of carbonyl (C=O) groups is 2. The van der Waals surface area contributed by atoms with Crippen molar-refractivity contribution in [3.8, 4) is 0 Å². The van der Waals surface area contributed by atoms with Gasteiger partial charge >= 0.3 is 5.97 Å². The van der Waals surface area contributed by atoms with Gasteiger partial charge in [0.2, 0.25) is 0 Å². The number of carbonyl (C=O) groups excluding carboxylic acids is 2. The maximum atomic E-state index is 11.9. The van der Waals surface area contributed by atoms with Crippen LogP contribution in [0.1, 0.15) is 28.8 Å². The summed E-state index contributed by atoms with van der Waals surface area (Å²) in [5.74, 6) is -0.364. The molecule has 0 saturated carbocycles. The number of benzene rings is 1. The summed E-state index contributed by atoms with van der Waals surface area (Å²) in [7, 11) is 1.36. The molecule has 0 fully saturated rings. The second kappa shape index (κ2) is 6.22. The summed E-state index contributed by atoms with van der Waals surface area (Å²) in [6.07, 6.45) is 1.92. The molecule has 0 unspecified atom stereocenters. The number of fused-ring (bicyclic) bond motifs is 1. The van der Waals surface area contributed by atoms with Gasteiger partial charge in [-0.15, -0.1) is 0 Å². The molecular weight excluding hydrogens is 244 g/mol. The molecular formula is C14H18N2O3. The SMILES string of the molecule is COC(=O)CCCNC(=O)c1ccc2c(c1)NCC2. The van der Waals surface area contributed by atoms with Crippen LogP contribution < -0.4 is 10.6 Å². The number of esters is 1. The van der Waals surface area contributed by atoms with E-state index in [1.54, 1.807) is 0 Å². The van der Waals surface area contributed by atoms with Crippen molar-refractivity contribution in [3.05, 3.63) is 29.3 Å². The zero-order valence-corrected chi connectivity index (χ0v) is 11.0. The second-order valence-corrected chi connectivity index (χ2v) is 4.48. The Morgan fingerprint density at radius 1 is 1.42 bits per heavy atom. The minimum atomic E-state index is -0.254. The summed E-state index contributed by atoms with van der Waals surface area (Å²) in [6.45, 7) is 1.40. The highest BCUT2D eigenvalue weighted by Crippen LogP contribution is 2.23. The van der Waals surface area contributed by atoms with Crippen molar-refractivity contribution in [1.82, 2.24) is 5.32 Å². The van der Waals surface area contributed by atoms with E-state index in [2.05, 4.69) is 15.4 Å². The Balaban J connectivity index is 1.82. The van der Waals surface area contributed by atoms with Gasteiger partial charge in [0.25, 0.3) is 5.91 Å². The van der Waals surface area contributed by atoms with Crippen LogP contribution in [0.5, 0.6) is 0 Å². The number of hydrogen-bond acceptors (Lipinski definition) is 4. The molecule has 0 saturated heterocycles. The Kier molecular flexibility index (Phi) is 4.39. The lowest BCUT2D eigenvalue weighted by Crippen LogP contribution is -2.25. The largest absolute Gasteiger partial charge is 0.469 e. The van der Waals surface area contributed by atoms with E-state index < -0.39 is 0 Å². The van der Waals surface area contributed by atoms with E-state index in [1.807, 2.05) is 18.2 Å². The van der Waals surface area contributed by atoms with Gasteiger partial charge in [-0.3, -0.25) is 9.59 Å². The van der Waals surface area contributed by atoms with Gasteiger partial charge < -0.3 is 15.4 Å². The second-order valence-electron chi connectivity index (χ2n) is 4.48. The highest BCUT2D eigenvalue weighted by Gasteiger charge is 2.13. The highest BCUT2D eigenvalue weighted by atomic mass is 16.5. The molecule has 0 spiro atoms. The Hall–Kier alpha value is -2.04. The minimum Gasteiger partial charge on any atom is -0.469 e. The van der Waals surface area contributed by atoms with Crippen molar-refractivity contribution in [2.24, 2.45) is 0 Å². The van der Waals surface area contributed by atoms with Crippen molar-refractivity contribution in [2.75, 3.05) is 25.5 Å². The molecule has 0 bridgehead atoms. The topological polar surface area (TPSA) is 67.4 Å². The smallest absolute Gasteiger partial charge is 0.305 e. The van der Waals surface area contributed by atoms with Crippen LogP contribution in [0.3, 0.4) is 0 Å². The quantitative estimate of drug-likeness (QED) is 0.620. The van der Waals surface area contributed by atoms with E-state index in [9.17, 15) is 9.59 Å². The summed E-state index contributed by atoms with van der Waals surface area (Å²) in [6, 6.07) is 5.69. The number of amides is 1. The number of anilines is 1. The Morgan fingerprint density at radius 3 is 3.05 bits per heavy atom. The molecule has 19 heavy (non-hydrogen) atoms. The minimum absolute atomic E-state index is 0.110. The van der Waals surface area contributed by atoms with Gasteiger partial charge in [0.15, 0.2) is 0 Å². The lowest BCUT2D eigenvalue weighted by Gasteiger charge is -2.06. The van der Waals surface area contributed by atoms with Crippen molar-refractivity contribution in [2.45, 2.75) is 19.3 Å². The van der Waals surface area contributed by atoms with Gasteiger partial charge in [-0.05, 0) is 30.5 Å². The first-order valence-corrected chi connectivity index (χ1v) is 6.42. The molecule has 102 valence electrons. The molecule has 5 heteroatoms. The van der Waals surface area contributed by atoms with Crippen LogP contribution in [0.15, 0.2) is 18.2 Å². The predicted molar refractivity (Wildman–Crippen MR) is 72.2 cm³/mol. The lowest BCUT2D eigenvalue weighted by atomic mass is 10.1. The van der Waals surface area contributed by atoms with Gasteiger partial charge in [0.1, 0.15) is 0 Å². The number of nitrogens with one attached hydrogen (secondary N) is 2. The standard InChI is InChI=1S/C14H18N2O3/c1-19-13(17)3-2-7-16-14(18)11-5-4-10-6-8-15-12(10)9-11/h4-5,9,15H,2-3,6-8H2,1H3,(H,16,18). The van der Waals surface area contributed by atoms with Crippen LogP contribution in [0, 0.1) is 0 Å². The first-order chi connectivity index (χ1) is 9.20. The van der Waals surface area contributed by atoms with Crippen LogP contribution in [0.4, 0.5) is 5.69 Å². The molecule has 5 nitrogen and oxygen atoms in total. The van der Waals surface area contributed by atoms with Crippen molar-refractivity contribution < 1.29 is 14.3 Å². The molecule has 2 rings (SSSR count). The normalized spacial score (nSPS) is 12.5. The van der Waals surface area contributed by atoms with Gasteiger partial charge in [-0.2, -0.15) is 0 Å². The average Bonchev–Trinajstić information content (AvgIpc) is 2.90. The first kappa shape index (κ1) is 13.4. The van der Waals surface area contributed by atoms with E-state index in [-0.39, 0.29) is 11.9 Å². The lowest BCUT2D eigenvalue weighted by molar-refractivity contribution is -0.140. The molecule has 1 aliphatic rings. The maximum absolute atomic E-state index is 11.9. The summed E-state index contributed by atoms with van der Waals surface area (Å²) in [5, 5.41) is 6.04. The van der Waals surface area contributed by atoms with E-state index in [4.69, 9.17) is 0 Å². The number of ether oxygens (including phenoxy) is 1.